The zero-order valence-electron chi connectivity index (χ0n) is 14.9. The number of rotatable bonds is 4. The van der Waals surface area contributed by atoms with Crippen LogP contribution in [0.3, 0.4) is 0 Å². The third kappa shape index (κ3) is 4.77. The minimum Gasteiger partial charge on any atom is -0.354 e. The molecule has 2 heterocycles. The number of para-hydroxylation sites is 1. The van der Waals surface area contributed by atoms with E-state index >= 15 is 0 Å². The second kappa shape index (κ2) is 7.96. The normalized spacial score (nSPS) is 16.8. The van der Waals surface area contributed by atoms with Gasteiger partial charge in [-0.3, -0.25) is 9.69 Å². The predicted molar refractivity (Wildman–Crippen MR) is 97.6 cm³/mol. The van der Waals surface area contributed by atoms with Crippen molar-refractivity contribution < 1.29 is 18.0 Å². The number of anilines is 2. The molecule has 27 heavy (non-hydrogen) atoms. The summed E-state index contributed by atoms with van der Waals surface area (Å²) in [6.45, 7) is 4.31. The van der Waals surface area contributed by atoms with Crippen LogP contribution in [0.25, 0.3) is 0 Å². The summed E-state index contributed by atoms with van der Waals surface area (Å²) in [5.74, 6) is 0.436. The Morgan fingerprint density at radius 1 is 1.07 bits per heavy atom. The highest BCUT2D eigenvalue weighted by Crippen LogP contribution is 2.29. The Balaban J connectivity index is 1.54. The van der Waals surface area contributed by atoms with E-state index in [4.69, 9.17) is 0 Å². The first kappa shape index (κ1) is 19.2. The molecule has 1 amide bonds. The summed E-state index contributed by atoms with van der Waals surface area (Å²) in [6, 6.07) is 11.4. The van der Waals surface area contributed by atoms with Crippen LogP contribution in [0.5, 0.6) is 0 Å². The van der Waals surface area contributed by atoms with Crippen LogP contribution in [0.4, 0.5) is 24.7 Å². The SMILES string of the molecule is CC(C(=O)Nc1ccccc1)N1CCN(c2ccc(C(F)(F)F)cn2)CC1. The highest BCUT2D eigenvalue weighted by Gasteiger charge is 2.31. The minimum absolute atomic E-state index is 0.0812. The highest BCUT2D eigenvalue weighted by atomic mass is 19.4. The van der Waals surface area contributed by atoms with Gasteiger partial charge in [-0.25, -0.2) is 4.98 Å². The number of piperazine rings is 1. The van der Waals surface area contributed by atoms with Crippen LogP contribution in [0.2, 0.25) is 0 Å². The average Bonchev–Trinajstić information content (AvgIpc) is 2.68. The molecular formula is C19H21F3N4O. The maximum absolute atomic E-state index is 12.6. The number of amides is 1. The second-order valence-electron chi connectivity index (χ2n) is 6.46. The second-order valence-corrected chi connectivity index (χ2v) is 6.46. The van der Waals surface area contributed by atoms with Gasteiger partial charge in [-0.1, -0.05) is 18.2 Å². The van der Waals surface area contributed by atoms with Crippen molar-refractivity contribution in [2.45, 2.75) is 19.1 Å². The summed E-state index contributed by atoms with van der Waals surface area (Å²) < 4.78 is 37.9. The molecule has 0 aliphatic carbocycles. The molecule has 3 rings (SSSR count). The zero-order chi connectivity index (χ0) is 19.4. The van der Waals surface area contributed by atoms with Crippen LogP contribution in [0.1, 0.15) is 12.5 Å². The summed E-state index contributed by atoms with van der Waals surface area (Å²) in [6.07, 6.45) is -3.52. The van der Waals surface area contributed by atoms with Crippen LogP contribution >= 0.6 is 0 Å². The van der Waals surface area contributed by atoms with Gasteiger partial charge in [0.05, 0.1) is 11.6 Å². The maximum Gasteiger partial charge on any atom is 0.417 e. The lowest BCUT2D eigenvalue weighted by Crippen LogP contribution is -2.53. The number of nitrogens with zero attached hydrogens (tertiary/aromatic N) is 3. The molecule has 2 aromatic rings. The molecule has 8 heteroatoms. The van der Waals surface area contributed by atoms with E-state index < -0.39 is 11.7 Å². The van der Waals surface area contributed by atoms with E-state index in [1.807, 2.05) is 42.2 Å². The Hall–Kier alpha value is -2.61. The number of benzene rings is 1. The number of alkyl halides is 3. The maximum atomic E-state index is 12.6. The number of carbonyl (C=O) groups excluding carboxylic acids is 1. The lowest BCUT2D eigenvalue weighted by atomic mass is 10.2. The van der Waals surface area contributed by atoms with E-state index in [0.717, 1.165) is 18.0 Å². The molecule has 0 bridgehead atoms. The van der Waals surface area contributed by atoms with Gasteiger partial charge in [0.1, 0.15) is 5.82 Å². The molecule has 1 aromatic carbocycles. The van der Waals surface area contributed by atoms with Crippen LogP contribution in [0, 0.1) is 0 Å². The standard InChI is InChI=1S/C19H21F3N4O/c1-14(18(27)24-16-5-3-2-4-6-16)25-9-11-26(12-10-25)17-8-7-15(13-23-17)19(20,21)22/h2-8,13-14H,9-12H2,1H3,(H,24,27). The largest absolute Gasteiger partial charge is 0.417 e. The Bertz CT molecular complexity index is 757. The van der Waals surface area contributed by atoms with Crippen molar-refractivity contribution in [3.8, 4) is 0 Å². The number of halogens is 3. The molecular weight excluding hydrogens is 357 g/mol. The predicted octanol–water partition coefficient (Wildman–Crippen LogP) is 3.25. The van der Waals surface area contributed by atoms with Gasteiger partial charge < -0.3 is 10.2 Å². The fraction of sp³-hybridized carbons (Fsp3) is 0.368. The van der Waals surface area contributed by atoms with Gasteiger partial charge in [0, 0.05) is 38.1 Å². The summed E-state index contributed by atoms with van der Waals surface area (Å²) in [5.41, 5.74) is -0.00182. The summed E-state index contributed by atoms with van der Waals surface area (Å²) in [5, 5.41) is 2.89. The molecule has 5 nitrogen and oxygen atoms in total. The molecule has 144 valence electrons. The Kier molecular flexibility index (Phi) is 5.65. The molecule has 1 saturated heterocycles. The van der Waals surface area contributed by atoms with Gasteiger partial charge in [0.15, 0.2) is 0 Å². The topological polar surface area (TPSA) is 48.5 Å². The van der Waals surface area contributed by atoms with Gasteiger partial charge >= 0.3 is 6.18 Å². The molecule has 0 saturated carbocycles. The Morgan fingerprint density at radius 2 is 1.74 bits per heavy atom. The summed E-state index contributed by atoms with van der Waals surface area (Å²) in [4.78, 5) is 20.3. The summed E-state index contributed by atoms with van der Waals surface area (Å²) in [7, 11) is 0. The number of pyridine rings is 1. The quantitative estimate of drug-likeness (QED) is 0.887. The molecule has 1 aliphatic heterocycles. The molecule has 1 aromatic heterocycles. The zero-order valence-corrected chi connectivity index (χ0v) is 14.9. The van der Waals surface area contributed by atoms with E-state index in [-0.39, 0.29) is 11.9 Å². The summed E-state index contributed by atoms with van der Waals surface area (Å²) >= 11 is 0. The van der Waals surface area contributed by atoms with Gasteiger partial charge in [-0.15, -0.1) is 0 Å². The third-order valence-electron chi connectivity index (χ3n) is 4.68. The first-order chi connectivity index (χ1) is 12.8. The van der Waals surface area contributed by atoms with Crippen LogP contribution in [-0.4, -0.2) is 48.0 Å². The number of hydrogen-bond donors (Lipinski definition) is 1. The van der Waals surface area contributed by atoms with Gasteiger partial charge in [0.2, 0.25) is 5.91 Å². The average molecular weight is 378 g/mol. The van der Waals surface area contributed by atoms with E-state index in [2.05, 4.69) is 15.2 Å². The number of aromatic nitrogens is 1. The number of nitrogens with one attached hydrogen (secondary N) is 1. The van der Waals surface area contributed by atoms with E-state index in [1.165, 1.54) is 6.07 Å². The lowest BCUT2D eigenvalue weighted by molar-refractivity contribution is -0.137. The van der Waals surface area contributed by atoms with Crippen LogP contribution in [-0.2, 0) is 11.0 Å². The fourth-order valence-electron chi connectivity index (χ4n) is 3.01. The van der Waals surface area contributed by atoms with E-state index in [1.54, 1.807) is 0 Å². The molecule has 0 spiro atoms. The van der Waals surface area contributed by atoms with Gasteiger partial charge in [0.25, 0.3) is 0 Å². The van der Waals surface area contributed by atoms with Crippen molar-refractivity contribution in [1.82, 2.24) is 9.88 Å². The van der Waals surface area contributed by atoms with Gasteiger partial charge in [-0.2, -0.15) is 13.2 Å². The number of hydrogen-bond acceptors (Lipinski definition) is 4. The Morgan fingerprint density at radius 3 is 2.30 bits per heavy atom. The molecule has 0 radical (unpaired) electrons. The minimum atomic E-state index is -4.38. The van der Waals surface area contributed by atoms with Crippen molar-refractivity contribution in [2.24, 2.45) is 0 Å². The molecule has 1 unspecified atom stereocenters. The molecule has 1 atom stereocenters. The van der Waals surface area contributed by atoms with Crippen molar-refractivity contribution in [2.75, 3.05) is 36.4 Å². The van der Waals surface area contributed by atoms with Crippen LogP contribution in [0.15, 0.2) is 48.7 Å². The number of carbonyl (C=O) groups is 1. The highest BCUT2D eigenvalue weighted by molar-refractivity contribution is 5.94. The smallest absolute Gasteiger partial charge is 0.354 e. The molecule has 1 N–H and O–H groups in total. The molecule has 1 fully saturated rings. The van der Waals surface area contributed by atoms with Crippen LogP contribution < -0.4 is 10.2 Å². The van der Waals surface area contributed by atoms with E-state index in [0.29, 0.717) is 32.0 Å². The first-order valence-electron chi connectivity index (χ1n) is 8.73. The van der Waals surface area contributed by atoms with E-state index in [9.17, 15) is 18.0 Å². The van der Waals surface area contributed by atoms with Crippen molar-refractivity contribution in [3.05, 3.63) is 54.2 Å². The first-order valence-corrected chi connectivity index (χ1v) is 8.73. The Labute approximate surface area is 155 Å². The fourth-order valence-corrected chi connectivity index (χ4v) is 3.01. The monoisotopic (exact) mass is 378 g/mol. The van der Waals surface area contributed by atoms with Crippen molar-refractivity contribution >= 4 is 17.4 Å². The third-order valence-corrected chi connectivity index (χ3v) is 4.68. The van der Waals surface area contributed by atoms with Crippen molar-refractivity contribution in [3.63, 3.8) is 0 Å². The van der Waals surface area contributed by atoms with Gasteiger partial charge in [-0.05, 0) is 31.2 Å². The van der Waals surface area contributed by atoms with Crippen molar-refractivity contribution in [1.29, 1.82) is 0 Å². The lowest BCUT2D eigenvalue weighted by Gasteiger charge is -2.38. The molecule has 1 aliphatic rings.